The van der Waals surface area contributed by atoms with Crippen molar-refractivity contribution in [3.63, 3.8) is 0 Å². The molecular weight excluding hydrogens is 580 g/mol. The molecule has 0 atom stereocenters. The maximum Gasteiger partial charge on any atom is 0.143 e. The van der Waals surface area contributed by atoms with Crippen LogP contribution in [-0.4, -0.2) is 0 Å². The molecule has 0 aliphatic rings. The van der Waals surface area contributed by atoms with Crippen molar-refractivity contribution >= 4 is 55.1 Å². The molecule has 0 fully saturated rings. The molecule has 1 heterocycles. The van der Waals surface area contributed by atoms with Gasteiger partial charge in [-0.2, -0.15) is 0 Å². The van der Waals surface area contributed by atoms with E-state index >= 15 is 0 Å². The molecule has 2 heteroatoms. The van der Waals surface area contributed by atoms with Gasteiger partial charge in [-0.05, 0) is 90.8 Å². The molecule has 0 spiro atoms. The zero-order chi connectivity index (χ0) is 43.7. The summed E-state index contributed by atoms with van der Waals surface area (Å²) in [5.41, 5.74) is 2.48. The molecule has 0 unspecified atom stereocenters. The lowest BCUT2D eigenvalue weighted by molar-refractivity contribution is 0.670. The third kappa shape index (κ3) is 4.32. The second kappa shape index (κ2) is 10.8. The van der Waals surface area contributed by atoms with E-state index in [0.29, 0.717) is 60.2 Å². The molecule has 0 amide bonds. The first kappa shape index (κ1) is 15.6. The number of hydrogen-bond acceptors (Lipinski definition) is 1. The van der Waals surface area contributed by atoms with Crippen LogP contribution in [0.25, 0.3) is 88.0 Å². The normalized spacial score (nSPS) is 16.2. The van der Waals surface area contributed by atoms with E-state index in [9.17, 15) is 0 Å². The van der Waals surface area contributed by atoms with E-state index in [1.54, 1.807) is 60.7 Å². The Bertz CT molecular complexity index is 3360. The van der Waals surface area contributed by atoms with Crippen molar-refractivity contribution in [2.75, 3.05) is 0 Å². The van der Waals surface area contributed by atoms with E-state index in [0.717, 1.165) is 0 Å². The molecule has 0 saturated heterocycles. The number of fused-ring (bicyclic) bond motifs is 5. The standard InChI is InChI=1S/C44H27ClO/c45-33-21-24-37-40(27-33)43(30-15-8-3-9-16-30)36-23-20-31(25-39(36)42(37)29-13-6-2-7-14-29)32-19-22-35-38-18-10-17-34(28-11-4-1-5-12-28)44(38)46-41(35)26-32/h1-27H/i1D,2D,3D,4D,5D,6D,7D,8D,9D,11D,12D,13D,14D,15D,16D. The van der Waals surface area contributed by atoms with Gasteiger partial charge in [-0.3, -0.25) is 0 Å². The summed E-state index contributed by atoms with van der Waals surface area (Å²) < 4.78 is 135. The zero-order valence-electron chi connectivity index (χ0n) is 38.7. The van der Waals surface area contributed by atoms with E-state index < -0.39 is 78.6 Å². The predicted octanol–water partition coefficient (Wildman–Crippen LogP) is 13.2. The monoisotopic (exact) mass is 621 g/mol. The molecule has 0 N–H and O–H groups in total. The highest BCUT2D eigenvalue weighted by Gasteiger charge is 2.19. The SMILES string of the molecule is [2H]c1c([2H])c([2H])c(-c2c3ccc(-c4ccc5c(c4)oc4c(-c6c([2H])c([2H])c([2H])c([2H])c6[2H])cccc45)cc3c(-c3c([2H])c([2H])c([2H])c([2H])c3[2H])c3ccc(Cl)cc23)c([2H])c1[2H]. The Kier molecular flexibility index (Phi) is 3.65. The summed E-state index contributed by atoms with van der Waals surface area (Å²) in [6, 6.07) is 13.1. The molecule has 9 rings (SSSR count). The Morgan fingerprint density at radius 2 is 0.978 bits per heavy atom. The Hall–Kier alpha value is -5.63. The largest absolute Gasteiger partial charge is 0.455 e. The second-order valence-corrected chi connectivity index (χ2v) is 11.1. The van der Waals surface area contributed by atoms with Crippen molar-refractivity contribution in [2.24, 2.45) is 0 Å². The average molecular weight is 622 g/mol. The topological polar surface area (TPSA) is 13.1 Å². The minimum absolute atomic E-state index is 0.00554. The summed E-state index contributed by atoms with van der Waals surface area (Å²) in [7, 11) is 0. The van der Waals surface area contributed by atoms with Crippen LogP contribution in [-0.2, 0) is 0 Å². The number of halogens is 1. The number of furan rings is 1. The molecule has 0 aliphatic heterocycles. The molecule has 0 bridgehead atoms. The van der Waals surface area contributed by atoms with Crippen LogP contribution in [0.3, 0.4) is 0 Å². The molecule has 1 nitrogen and oxygen atoms in total. The summed E-state index contributed by atoms with van der Waals surface area (Å²) in [4.78, 5) is 0. The van der Waals surface area contributed by atoms with Gasteiger partial charge >= 0.3 is 0 Å². The van der Waals surface area contributed by atoms with Crippen molar-refractivity contribution < 1.29 is 25.0 Å². The van der Waals surface area contributed by atoms with Gasteiger partial charge in [0.25, 0.3) is 0 Å². The van der Waals surface area contributed by atoms with E-state index in [1.807, 2.05) is 12.1 Å². The lowest BCUT2D eigenvalue weighted by Crippen LogP contribution is -1.92. The van der Waals surface area contributed by atoms with Gasteiger partial charge in [0.15, 0.2) is 0 Å². The minimum Gasteiger partial charge on any atom is -0.455 e. The Labute approximate surface area is 293 Å². The van der Waals surface area contributed by atoms with Gasteiger partial charge in [-0.15, -0.1) is 0 Å². The van der Waals surface area contributed by atoms with Gasteiger partial charge in [0.2, 0.25) is 0 Å². The Balaban J connectivity index is 1.37. The van der Waals surface area contributed by atoms with Crippen LogP contribution >= 0.6 is 11.6 Å². The predicted molar refractivity (Wildman–Crippen MR) is 195 cm³/mol. The molecule has 216 valence electrons. The van der Waals surface area contributed by atoms with Gasteiger partial charge in [0, 0.05) is 21.4 Å². The second-order valence-electron chi connectivity index (χ2n) is 10.7. The van der Waals surface area contributed by atoms with Crippen molar-refractivity contribution in [3.05, 3.63) is 168 Å². The smallest absolute Gasteiger partial charge is 0.143 e. The average Bonchev–Trinajstić information content (AvgIpc) is 3.64. The summed E-state index contributed by atoms with van der Waals surface area (Å²) in [5, 5.41) is 2.95. The van der Waals surface area contributed by atoms with E-state index in [1.165, 1.54) is 0 Å². The summed E-state index contributed by atoms with van der Waals surface area (Å²) in [6.07, 6.45) is 0. The first-order chi connectivity index (χ1) is 28.9. The highest BCUT2D eigenvalue weighted by atomic mass is 35.5. The summed E-state index contributed by atoms with van der Waals surface area (Å²) in [6.45, 7) is 0. The van der Waals surface area contributed by atoms with Crippen LogP contribution in [0.15, 0.2) is 168 Å². The van der Waals surface area contributed by atoms with Crippen LogP contribution in [0, 0.1) is 0 Å². The first-order valence-corrected chi connectivity index (χ1v) is 14.7. The van der Waals surface area contributed by atoms with Gasteiger partial charge in [0.05, 0.1) is 20.6 Å². The molecule has 0 saturated carbocycles. The quantitative estimate of drug-likeness (QED) is 0.178. The van der Waals surface area contributed by atoms with Crippen LogP contribution in [0.1, 0.15) is 20.6 Å². The fraction of sp³-hybridized carbons (Fsp3) is 0. The van der Waals surface area contributed by atoms with Crippen LogP contribution < -0.4 is 0 Å². The van der Waals surface area contributed by atoms with Gasteiger partial charge in [-0.1, -0.05) is 145 Å². The third-order valence-electron chi connectivity index (χ3n) is 8.18. The highest BCUT2D eigenvalue weighted by molar-refractivity contribution is 6.32. The van der Waals surface area contributed by atoms with Crippen molar-refractivity contribution in [1.29, 1.82) is 0 Å². The molecule has 9 aromatic rings. The van der Waals surface area contributed by atoms with E-state index in [2.05, 4.69) is 0 Å². The third-order valence-corrected chi connectivity index (χ3v) is 8.42. The Morgan fingerprint density at radius 1 is 0.435 bits per heavy atom. The van der Waals surface area contributed by atoms with Gasteiger partial charge in [0.1, 0.15) is 11.2 Å². The fourth-order valence-electron chi connectivity index (χ4n) is 6.23. The van der Waals surface area contributed by atoms with Crippen LogP contribution in [0.4, 0.5) is 0 Å². The Morgan fingerprint density at radius 3 is 1.63 bits per heavy atom. The van der Waals surface area contributed by atoms with Crippen LogP contribution in [0.5, 0.6) is 0 Å². The van der Waals surface area contributed by atoms with Crippen LogP contribution in [0.2, 0.25) is 5.02 Å². The minimum atomic E-state index is -0.583. The molecule has 0 aliphatic carbocycles. The molecular formula is C44H27ClO. The maximum absolute atomic E-state index is 9.04. The molecule has 0 radical (unpaired) electrons. The number of benzene rings is 8. The number of para-hydroxylation sites is 1. The van der Waals surface area contributed by atoms with Gasteiger partial charge < -0.3 is 4.42 Å². The van der Waals surface area contributed by atoms with Gasteiger partial charge in [-0.25, -0.2) is 0 Å². The lowest BCUT2D eigenvalue weighted by Gasteiger charge is -2.19. The summed E-state index contributed by atoms with van der Waals surface area (Å²) in [5.74, 6) is 0. The van der Waals surface area contributed by atoms with E-state index in [-0.39, 0.29) is 44.9 Å². The van der Waals surface area contributed by atoms with Crippen molar-refractivity contribution in [2.45, 2.75) is 0 Å². The highest BCUT2D eigenvalue weighted by Crippen LogP contribution is 2.46. The zero-order valence-corrected chi connectivity index (χ0v) is 24.5. The molecule has 1 aromatic heterocycles. The lowest BCUT2D eigenvalue weighted by atomic mass is 9.85. The van der Waals surface area contributed by atoms with Crippen molar-refractivity contribution in [3.8, 4) is 44.5 Å². The van der Waals surface area contributed by atoms with E-state index in [4.69, 9.17) is 36.6 Å². The first-order valence-electron chi connectivity index (χ1n) is 21.8. The summed E-state index contributed by atoms with van der Waals surface area (Å²) >= 11 is 6.58. The maximum atomic E-state index is 9.04. The molecule has 8 aromatic carbocycles. The molecule has 46 heavy (non-hydrogen) atoms. The fourth-order valence-corrected chi connectivity index (χ4v) is 6.40. The number of hydrogen-bond donors (Lipinski definition) is 0. The van der Waals surface area contributed by atoms with Crippen molar-refractivity contribution in [1.82, 2.24) is 0 Å². The number of rotatable bonds is 4.